The molecule has 1 fully saturated rings. The number of nitrogens with zero attached hydrogens (tertiary/aromatic N) is 2. The molecule has 1 aromatic heterocycles. The fourth-order valence-corrected chi connectivity index (χ4v) is 1.53. The van der Waals surface area contributed by atoms with Crippen molar-refractivity contribution < 1.29 is 4.74 Å². The van der Waals surface area contributed by atoms with Crippen molar-refractivity contribution in [3.63, 3.8) is 0 Å². The van der Waals surface area contributed by atoms with Crippen molar-refractivity contribution in [3.8, 4) is 5.88 Å². The largest absolute Gasteiger partial charge is 0.481 e. The Hall–Kier alpha value is -1.03. The number of anilines is 1. The Bertz CT molecular complexity index is 328. The monoisotopic (exact) mass is 213 g/mol. The molecule has 0 atom stereocenters. The zero-order chi connectivity index (χ0) is 10.0. The summed E-state index contributed by atoms with van der Waals surface area (Å²) in [5.41, 5.74) is 0.0217. The van der Waals surface area contributed by atoms with Gasteiger partial charge in [-0.3, -0.25) is 0 Å². The molecule has 14 heavy (non-hydrogen) atoms. The number of hydrogen-bond acceptors (Lipinski definition) is 4. The molecular formula is C9H12ClN3O. The molecule has 1 saturated carbocycles. The minimum absolute atomic E-state index is 0.0217. The van der Waals surface area contributed by atoms with E-state index in [1.54, 1.807) is 19.4 Å². The van der Waals surface area contributed by atoms with E-state index < -0.39 is 0 Å². The molecule has 0 amide bonds. The number of rotatable bonds is 4. The minimum atomic E-state index is 0.0217. The first-order valence-corrected chi connectivity index (χ1v) is 5.03. The molecule has 1 heterocycles. The van der Waals surface area contributed by atoms with Crippen LogP contribution in [0.5, 0.6) is 5.88 Å². The summed E-state index contributed by atoms with van der Waals surface area (Å²) in [5, 5.41) is 3.22. The molecule has 1 aliphatic carbocycles. The summed E-state index contributed by atoms with van der Waals surface area (Å²) in [7, 11) is 1.58. The van der Waals surface area contributed by atoms with Gasteiger partial charge in [0.2, 0.25) is 11.8 Å². The van der Waals surface area contributed by atoms with Crippen LogP contribution in [0.15, 0.2) is 12.3 Å². The van der Waals surface area contributed by atoms with Crippen molar-refractivity contribution in [2.75, 3.05) is 18.3 Å². The fourth-order valence-electron chi connectivity index (χ4n) is 1.20. The Morgan fingerprint density at radius 1 is 1.64 bits per heavy atom. The van der Waals surface area contributed by atoms with Gasteiger partial charge in [0.15, 0.2) is 0 Å². The lowest BCUT2D eigenvalue weighted by molar-refractivity contribution is 0.397. The maximum atomic E-state index is 5.83. The molecule has 1 aromatic rings. The van der Waals surface area contributed by atoms with Gasteiger partial charge in [-0.2, -0.15) is 4.98 Å². The third kappa shape index (κ3) is 1.90. The molecule has 76 valence electrons. The standard InChI is InChI=1S/C9H12ClN3O/c1-14-7-2-5-11-8(12-7)13-9(6-10)3-4-9/h2,5H,3-4,6H2,1H3,(H,11,12,13). The summed E-state index contributed by atoms with van der Waals surface area (Å²) in [4.78, 5) is 8.26. The van der Waals surface area contributed by atoms with Crippen LogP contribution < -0.4 is 10.1 Å². The summed E-state index contributed by atoms with van der Waals surface area (Å²) in [6.45, 7) is 0. The molecule has 5 heteroatoms. The predicted molar refractivity (Wildman–Crippen MR) is 54.9 cm³/mol. The quantitative estimate of drug-likeness (QED) is 0.773. The summed E-state index contributed by atoms with van der Waals surface area (Å²) in [6.07, 6.45) is 3.83. The first-order chi connectivity index (χ1) is 6.78. The van der Waals surface area contributed by atoms with Crippen LogP contribution in [-0.4, -0.2) is 28.5 Å². The molecule has 0 radical (unpaired) electrons. The SMILES string of the molecule is COc1ccnc(NC2(CCl)CC2)n1. The van der Waals surface area contributed by atoms with E-state index in [-0.39, 0.29) is 5.54 Å². The van der Waals surface area contributed by atoms with Crippen molar-refractivity contribution in [1.29, 1.82) is 0 Å². The fraction of sp³-hybridized carbons (Fsp3) is 0.556. The van der Waals surface area contributed by atoms with Crippen molar-refractivity contribution in [3.05, 3.63) is 12.3 Å². The maximum Gasteiger partial charge on any atom is 0.226 e. The van der Waals surface area contributed by atoms with E-state index in [2.05, 4.69) is 15.3 Å². The predicted octanol–water partition coefficient (Wildman–Crippen LogP) is 1.67. The average molecular weight is 214 g/mol. The molecular weight excluding hydrogens is 202 g/mol. The van der Waals surface area contributed by atoms with Gasteiger partial charge in [0.1, 0.15) is 0 Å². The highest BCUT2D eigenvalue weighted by molar-refractivity contribution is 6.19. The van der Waals surface area contributed by atoms with Crippen molar-refractivity contribution >= 4 is 17.5 Å². The molecule has 1 N–H and O–H groups in total. The smallest absolute Gasteiger partial charge is 0.226 e. The van der Waals surface area contributed by atoms with Gasteiger partial charge in [-0.05, 0) is 12.8 Å². The first-order valence-electron chi connectivity index (χ1n) is 4.49. The number of alkyl halides is 1. The molecule has 0 saturated heterocycles. The van der Waals surface area contributed by atoms with Crippen molar-refractivity contribution in [2.45, 2.75) is 18.4 Å². The first kappa shape index (κ1) is 9.52. The Labute approximate surface area is 87.7 Å². The molecule has 0 spiro atoms. The minimum Gasteiger partial charge on any atom is -0.481 e. The van der Waals surface area contributed by atoms with Crippen LogP contribution in [0.4, 0.5) is 5.95 Å². The van der Waals surface area contributed by atoms with Gasteiger partial charge in [0.05, 0.1) is 12.6 Å². The summed E-state index contributed by atoms with van der Waals surface area (Å²) in [6, 6.07) is 1.71. The van der Waals surface area contributed by atoms with E-state index in [1.807, 2.05) is 0 Å². The topological polar surface area (TPSA) is 47.0 Å². The van der Waals surface area contributed by atoms with Crippen LogP contribution in [0, 0.1) is 0 Å². The number of ether oxygens (including phenoxy) is 1. The van der Waals surface area contributed by atoms with Crippen molar-refractivity contribution in [2.24, 2.45) is 0 Å². The average Bonchev–Trinajstić information content (AvgIpc) is 2.99. The number of hydrogen-bond donors (Lipinski definition) is 1. The van der Waals surface area contributed by atoms with E-state index in [4.69, 9.17) is 16.3 Å². The lowest BCUT2D eigenvalue weighted by Gasteiger charge is -2.13. The van der Waals surface area contributed by atoms with Crippen molar-refractivity contribution in [1.82, 2.24) is 9.97 Å². The second-order valence-electron chi connectivity index (χ2n) is 3.46. The molecule has 0 unspecified atom stereocenters. The van der Waals surface area contributed by atoms with E-state index in [1.165, 1.54) is 0 Å². The number of nitrogens with one attached hydrogen (secondary N) is 1. The van der Waals surface area contributed by atoms with Crippen LogP contribution >= 0.6 is 11.6 Å². The van der Waals surface area contributed by atoms with E-state index in [9.17, 15) is 0 Å². The molecule has 2 rings (SSSR count). The van der Waals surface area contributed by atoms with Crippen LogP contribution in [0.3, 0.4) is 0 Å². The maximum absolute atomic E-state index is 5.83. The Balaban J connectivity index is 2.09. The lowest BCUT2D eigenvalue weighted by Crippen LogP contribution is -2.24. The third-order valence-corrected chi connectivity index (χ3v) is 2.84. The van der Waals surface area contributed by atoms with Crippen LogP contribution in [-0.2, 0) is 0 Å². The number of aromatic nitrogens is 2. The Morgan fingerprint density at radius 2 is 2.43 bits per heavy atom. The second-order valence-corrected chi connectivity index (χ2v) is 3.73. The second kappa shape index (κ2) is 3.61. The van der Waals surface area contributed by atoms with Gasteiger partial charge in [0.25, 0.3) is 0 Å². The van der Waals surface area contributed by atoms with Gasteiger partial charge in [-0.25, -0.2) is 4.98 Å². The summed E-state index contributed by atoms with van der Waals surface area (Å²) >= 11 is 5.83. The van der Waals surface area contributed by atoms with Gasteiger partial charge < -0.3 is 10.1 Å². The molecule has 1 aliphatic rings. The molecule has 0 aliphatic heterocycles. The van der Waals surface area contributed by atoms with Gasteiger partial charge in [-0.15, -0.1) is 11.6 Å². The molecule has 0 aromatic carbocycles. The zero-order valence-corrected chi connectivity index (χ0v) is 8.71. The van der Waals surface area contributed by atoms with Gasteiger partial charge in [0, 0.05) is 18.1 Å². The highest BCUT2D eigenvalue weighted by atomic mass is 35.5. The van der Waals surface area contributed by atoms with Crippen LogP contribution in [0.25, 0.3) is 0 Å². The number of halogens is 1. The Morgan fingerprint density at radius 3 is 3.00 bits per heavy atom. The molecule has 0 bridgehead atoms. The summed E-state index contributed by atoms with van der Waals surface area (Å²) < 4.78 is 5.00. The van der Waals surface area contributed by atoms with Crippen LogP contribution in [0.1, 0.15) is 12.8 Å². The Kier molecular flexibility index (Phi) is 2.46. The normalized spacial score (nSPS) is 17.6. The van der Waals surface area contributed by atoms with Crippen LogP contribution in [0.2, 0.25) is 0 Å². The van der Waals surface area contributed by atoms with E-state index in [0.717, 1.165) is 12.8 Å². The van der Waals surface area contributed by atoms with E-state index in [0.29, 0.717) is 17.7 Å². The lowest BCUT2D eigenvalue weighted by atomic mass is 10.3. The zero-order valence-electron chi connectivity index (χ0n) is 7.96. The highest BCUT2D eigenvalue weighted by Crippen LogP contribution is 2.39. The number of methoxy groups -OCH3 is 1. The van der Waals surface area contributed by atoms with E-state index >= 15 is 0 Å². The summed E-state index contributed by atoms with van der Waals surface area (Å²) in [5.74, 6) is 1.74. The molecule has 4 nitrogen and oxygen atoms in total. The third-order valence-electron chi connectivity index (χ3n) is 2.33. The van der Waals surface area contributed by atoms with Gasteiger partial charge >= 0.3 is 0 Å². The van der Waals surface area contributed by atoms with Gasteiger partial charge in [-0.1, -0.05) is 0 Å². The highest BCUT2D eigenvalue weighted by Gasteiger charge is 2.42.